The summed E-state index contributed by atoms with van der Waals surface area (Å²) in [5.41, 5.74) is 2.16. The molecule has 3 aliphatic rings. The van der Waals surface area contributed by atoms with Gasteiger partial charge >= 0.3 is 0 Å². The van der Waals surface area contributed by atoms with Gasteiger partial charge in [0.15, 0.2) is 17.5 Å². The Morgan fingerprint density at radius 1 is 1.00 bits per heavy atom. The summed E-state index contributed by atoms with van der Waals surface area (Å²) in [4.78, 5) is 7.16. The Kier molecular flexibility index (Phi) is 5.61. The number of halogens is 3. The molecule has 1 aliphatic carbocycles. The van der Waals surface area contributed by atoms with E-state index in [1.807, 2.05) is 17.8 Å². The summed E-state index contributed by atoms with van der Waals surface area (Å²) in [7, 11) is 0. The van der Waals surface area contributed by atoms with Crippen LogP contribution in [0, 0.1) is 36.2 Å². The molecule has 2 fully saturated rings. The molecule has 1 N–H and O–H groups in total. The highest BCUT2D eigenvalue weighted by Crippen LogP contribution is 2.40. The molecule has 0 spiro atoms. The number of nitrogens with one attached hydrogen (secondary N) is 1. The summed E-state index contributed by atoms with van der Waals surface area (Å²) < 4.78 is 44.0. The van der Waals surface area contributed by atoms with Gasteiger partial charge in [0.1, 0.15) is 5.82 Å². The van der Waals surface area contributed by atoms with Crippen LogP contribution in [0.3, 0.4) is 0 Å². The summed E-state index contributed by atoms with van der Waals surface area (Å²) in [6.07, 6.45) is 6.41. The van der Waals surface area contributed by atoms with Crippen molar-refractivity contribution >= 4 is 11.6 Å². The molecule has 2 aliphatic heterocycles. The van der Waals surface area contributed by atoms with E-state index in [-0.39, 0.29) is 11.6 Å². The highest BCUT2D eigenvalue weighted by atomic mass is 19.2. The molecule has 35 heavy (non-hydrogen) atoms. The molecule has 3 aromatic rings. The smallest absolute Gasteiger partial charge is 0.242 e. The second-order valence-corrected chi connectivity index (χ2v) is 10.1. The van der Waals surface area contributed by atoms with Crippen LogP contribution in [0.1, 0.15) is 55.1 Å². The van der Waals surface area contributed by atoms with Gasteiger partial charge in [-0.2, -0.15) is 15.2 Å². The number of aromatic nitrogens is 5. The number of anilines is 2. The molecule has 10 heteroatoms. The first-order valence-corrected chi connectivity index (χ1v) is 12.4. The van der Waals surface area contributed by atoms with Crippen LogP contribution < -0.4 is 10.2 Å². The Labute approximate surface area is 201 Å². The van der Waals surface area contributed by atoms with Gasteiger partial charge in [0.25, 0.3) is 0 Å². The normalized spacial score (nSPS) is 25.9. The zero-order valence-electron chi connectivity index (χ0n) is 19.6. The molecule has 6 rings (SSSR count). The molecule has 1 saturated heterocycles. The van der Waals surface area contributed by atoms with E-state index in [2.05, 4.69) is 26.5 Å². The maximum absolute atomic E-state index is 14.7. The Balaban J connectivity index is 1.24. The molecular weight excluding hydrogens is 455 g/mol. The van der Waals surface area contributed by atoms with Crippen LogP contribution in [-0.4, -0.2) is 44.1 Å². The third kappa shape index (κ3) is 4.02. The van der Waals surface area contributed by atoms with Crippen LogP contribution in [0.4, 0.5) is 24.8 Å². The molecule has 2 aromatic heterocycles. The zero-order valence-corrected chi connectivity index (χ0v) is 19.6. The Hall–Kier alpha value is -3.17. The molecule has 4 atom stereocenters. The van der Waals surface area contributed by atoms with Crippen LogP contribution in [0.5, 0.6) is 0 Å². The Morgan fingerprint density at radius 3 is 2.57 bits per heavy atom. The summed E-state index contributed by atoms with van der Waals surface area (Å²) in [6.45, 7) is 4.48. The monoisotopic (exact) mass is 483 g/mol. The van der Waals surface area contributed by atoms with Crippen molar-refractivity contribution in [3.63, 3.8) is 0 Å². The van der Waals surface area contributed by atoms with Crippen molar-refractivity contribution in [3.05, 3.63) is 58.9 Å². The lowest BCUT2D eigenvalue weighted by Crippen LogP contribution is -2.48. The number of hydrogen-bond acceptors (Lipinski definition) is 6. The van der Waals surface area contributed by atoms with E-state index in [1.165, 1.54) is 6.07 Å². The van der Waals surface area contributed by atoms with Gasteiger partial charge in [0, 0.05) is 37.2 Å². The topological polar surface area (TPSA) is 71.8 Å². The second kappa shape index (κ2) is 8.80. The average molecular weight is 484 g/mol. The molecule has 1 saturated carbocycles. The van der Waals surface area contributed by atoms with Crippen molar-refractivity contribution in [3.8, 4) is 0 Å². The van der Waals surface area contributed by atoms with Crippen LogP contribution in [0.15, 0.2) is 24.4 Å². The van der Waals surface area contributed by atoms with Gasteiger partial charge in [0.2, 0.25) is 5.95 Å². The first-order chi connectivity index (χ1) is 17.0. The fourth-order valence-electron chi connectivity index (χ4n) is 6.13. The fraction of sp³-hybridized carbons (Fsp3) is 0.520. The third-order valence-corrected chi connectivity index (χ3v) is 7.82. The van der Waals surface area contributed by atoms with Crippen molar-refractivity contribution < 1.29 is 13.2 Å². The fourth-order valence-corrected chi connectivity index (χ4v) is 6.13. The minimum atomic E-state index is -1.43. The SMILES string of the molecule is Cc1cc(N2CC3CC[C@@H](C2)C3Nc2nc3n(n2)CCCCC3c2ccc(F)c(F)c2F)cnn1. The number of rotatable bonds is 4. The van der Waals surface area contributed by atoms with Gasteiger partial charge in [0.05, 0.1) is 17.6 Å². The first-order valence-electron chi connectivity index (χ1n) is 12.4. The number of fused-ring (bicyclic) bond motifs is 3. The van der Waals surface area contributed by atoms with E-state index in [1.54, 1.807) is 0 Å². The van der Waals surface area contributed by atoms with Crippen LogP contribution in [0.25, 0.3) is 0 Å². The molecule has 3 unspecified atom stereocenters. The maximum Gasteiger partial charge on any atom is 0.242 e. The lowest BCUT2D eigenvalue weighted by atomic mass is 9.92. The predicted molar refractivity (Wildman–Crippen MR) is 125 cm³/mol. The van der Waals surface area contributed by atoms with E-state index in [0.717, 1.165) is 56.2 Å². The molecular formula is C25H28F3N7. The molecule has 0 radical (unpaired) electrons. The highest BCUT2D eigenvalue weighted by Gasteiger charge is 2.43. The minimum absolute atomic E-state index is 0.139. The van der Waals surface area contributed by atoms with E-state index < -0.39 is 23.4 Å². The predicted octanol–water partition coefficient (Wildman–Crippen LogP) is 4.44. The summed E-state index contributed by atoms with van der Waals surface area (Å²) >= 11 is 0. The lowest BCUT2D eigenvalue weighted by Gasteiger charge is -2.39. The largest absolute Gasteiger partial charge is 0.369 e. The van der Waals surface area contributed by atoms with Crippen LogP contribution in [-0.2, 0) is 6.54 Å². The minimum Gasteiger partial charge on any atom is -0.369 e. The van der Waals surface area contributed by atoms with Crippen LogP contribution >= 0.6 is 0 Å². The lowest BCUT2D eigenvalue weighted by molar-refractivity contribution is 0.376. The van der Waals surface area contributed by atoms with E-state index >= 15 is 0 Å². The van der Waals surface area contributed by atoms with Gasteiger partial charge in [-0.15, -0.1) is 5.10 Å². The Morgan fingerprint density at radius 2 is 1.80 bits per heavy atom. The molecule has 1 aromatic carbocycles. The Bertz CT molecular complexity index is 1230. The van der Waals surface area contributed by atoms with E-state index in [0.29, 0.717) is 36.6 Å². The van der Waals surface area contributed by atoms with E-state index in [9.17, 15) is 13.2 Å². The number of aryl methyl sites for hydroxylation is 2. The molecule has 7 nitrogen and oxygen atoms in total. The standard InChI is InChI=1S/C25H28F3N7/c1-14-10-17(11-29-32-14)34-12-15-5-6-16(13-34)23(15)30-25-31-24-19(4-2-3-9-35(24)33-25)18-7-8-20(26)22(28)21(18)27/h7-8,10-11,15-16,19,23H,2-6,9,12-13H2,1H3,(H,30,33)/t15-,16?,19?,23?/m0/s1. The quantitative estimate of drug-likeness (QED) is 0.554. The molecule has 184 valence electrons. The average Bonchev–Trinajstić information content (AvgIpc) is 3.25. The molecule has 2 bridgehead atoms. The van der Waals surface area contributed by atoms with Crippen molar-refractivity contribution in [2.24, 2.45) is 11.8 Å². The summed E-state index contributed by atoms with van der Waals surface area (Å²) in [5.74, 6) is -2.16. The van der Waals surface area contributed by atoms with Gasteiger partial charge in [-0.05, 0) is 56.6 Å². The molecule has 0 amide bonds. The second-order valence-electron chi connectivity index (χ2n) is 10.1. The highest BCUT2D eigenvalue weighted by molar-refractivity contribution is 5.46. The van der Waals surface area contributed by atoms with E-state index in [4.69, 9.17) is 10.1 Å². The van der Waals surface area contributed by atoms with Crippen molar-refractivity contribution in [2.45, 2.75) is 57.5 Å². The third-order valence-electron chi connectivity index (χ3n) is 7.82. The summed E-state index contributed by atoms with van der Waals surface area (Å²) in [5, 5.41) is 16.5. The van der Waals surface area contributed by atoms with Gasteiger partial charge in [-0.1, -0.05) is 12.5 Å². The van der Waals surface area contributed by atoms with Gasteiger partial charge in [-0.3, -0.25) is 0 Å². The van der Waals surface area contributed by atoms with Crippen molar-refractivity contribution in [2.75, 3.05) is 23.3 Å². The van der Waals surface area contributed by atoms with Crippen molar-refractivity contribution in [1.29, 1.82) is 0 Å². The van der Waals surface area contributed by atoms with Crippen molar-refractivity contribution in [1.82, 2.24) is 25.0 Å². The number of benzene rings is 1. The van der Waals surface area contributed by atoms with Gasteiger partial charge < -0.3 is 10.2 Å². The maximum atomic E-state index is 14.7. The first kappa shape index (κ1) is 22.3. The summed E-state index contributed by atoms with van der Waals surface area (Å²) in [6, 6.07) is 4.66. The zero-order chi connectivity index (χ0) is 24.1. The van der Waals surface area contributed by atoms with Gasteiger partial charge in [-0.25, -0.2) is 17.9 Å². The number of nitrogens with zero attached hydrogens (tertiary/aromatic N) is 6. The molecule has 4 heterocycles. The van der Waals surface area contributed by atoms with Crippen LogP contribution in [0.2, 0.25) is 0 Å². The number of hydrogen-bond donors (Lipinski definition) is 1. The number of piperidine rings is 1.